The molecule has 14 N–H and O–H groups in total. The number of esters is 1. The topological polar surface area (TPSA) is 400 Å². The fourth-order valence-electron chi connectivity index (χ4n) is 11.4. The molecule has 0 saturated carbocycles. The number of aliphatic carboxylic acids is 1. The third-order valence-corrected chi connectivity index (χ3v) is 17.4. The van der Waals surface area contributed by atoms with Gasteiger partial charge in [0.15, 0.2) is 18.7 Å². The Morgan fingerprint density at radius 3 is 1.74 bits per heavy atom. The van der Waals surface area contributed by atoms with Crippen LogP contribution >= 0.6 is 0 Å². The zero-order chi connectivity index (χ0) is 65.9. The molecule has 25 nitrogen and oxygen atoms in total. The maximum atomic E-state index is 13.5. The van der Waals surface area contributed by atoms with Crippen LogP contribution in [0.5, 0.6) is 0 Å². The van der Waals surface area contributed by atoms with Crippen molar-refractivity contribution in [3.8, 4) is 0 Å². The second-order valence-electron chi connectivity index (χ2n) is 25.0. The molecule has 3 aliphatic heterocycles. The number of carboxylic acid groups (broad SMARTS) is 1. The van der Waals surface area contributed by atoms with Crippen LogP contribution in [0.1, 0.15) is 221 Å². The third-order valence-electron chi connectivity index (χ3n) is 17.4. The number of unbranched alkanes of at least 4 members (excludes halogenated alkanes) is 23. The number of rotatable bonds is 48. The van der Waals surface area contributed by atoms with Crippen molar-refractivity contribution in [2.75, 3.05) is 26.4 Å². The van der Waals surface area contributed by atoms with E-state index in [2.05, 4.69) is 31.4 Å². The van der Waals surface area contributed by atoms with E-state index < -0.39 is 173 Å². The van der Waals surface area contributed by atoms with Crippen LogP contribution < -0.4 is 10.6 Å². The van der Waals surface area contributed by atoms with Gasteiger partial charge in [0.05, 0.1) is 50.2 Å². The van der Waals surface area contributed by atoms with E-state index >= 15 is 0 Å². The largest absolute Gasteiger partial charge is 0.477 e. The lowest BCUT2D eigenvalue weighted by molar-refractivity contribution is -0.339. The summed E-state index contributed by atoms with van der Waals surface area (Å²) in [7, 11) is 0. The summed E-state index contributed by atoms with van der Waals surface area (Å²) < 4.78 is 39.0. The number of amides is 2. The quantitative estimate of drug-likeness (QED) is 0.0234. The number of hydrogen-bond acceptors (Lipinski definition) is 22. The first-order valence-electron chi connectivity index (χ1n) is 33.5. The highest BCUT2D eigenvalue weighted by Crippen LogP contribution is 2.35. The van der Waals surface area contributed by atoms with Crippen molar-refractivity contribution in [3.63, 3.8) is 0 Å². The Hall–Kier alpha value is -3.06. The summed E-state index contributed by atoms with van der Waals surface area (Å²) in [6.45, 7) is 5.55. The Morgan fingerprint density at radius 2 is 1.20 bits per heavy atom. The zero-order valence-electron chi connectivity index (χ0n) is 53.8. The smallest absolute Gasteiger partial charge is 0.364 e. The molecule has 0 aromatic rings. The van der Waals surface area contributed by atoms with Crippen molar-refractivity contribution in [2.24, 2.45) is 5.92 Å². The van der Waals surface area contributed by atoms with Gasteiger partial charge in [0.1, 0.15) is 67.6 Å². The molecule has 3 aliphatic rings. The minimum Gasteiger partial charge on any atom is -0.477 e. The van der Waals surface area contributed by atoms with E-state index in [1.54, 1.807) is 6.08 Å². The van der Waals surface area contributed by atoms with Crippen LogP contribution in [0.15, 0.2) is 12.2 Å². The lowest BCUT2D eigenvalue weighted by atomic mass is 9.88. The first kappa shape index (κ1) is 80.2. The monoisotopic (exact) mass is 1280 g/mol. The van der Waals surface area contributed by atoms with Gasteiger partial charge in [-0.2, -0.15) is 0 Å². The van der Waals surface area contributed by atoms with Gasteiger partial charge in [-0.25, -0.2) is 4.79 Å². The number of ether oxygens (including phenoxy) is 7. The fraction of sp³-hybridized carbons (Fsp3) is 0.906. The molecule has 0 bridgehead atoms. The second kappa shape index (κ2) is 44.5. The molecule has 0 aromatic heterocycles. The highest BCUT2D eigenvalue weighted by Gasteiger charge is 2.57. The minimum absolute atomic E-state index is 0.166. The minimum atomic E-state index is -2.98. The van der Waals surface area contributed by atoms with Crippen molar-refractivity contribution >= 4 is 23.8 Å². The van der Waals surface area contributed by atoms with Crippen LogP contribution in [0.2, 0.25) is 0 Å². The summed E-state index contributed by atoms with van der Waals surface area (Å²) in [4.78, 5) is 51.3. The zero-order valence-corrected chi connectivity index (χ0v) is 53.8. The van der Waals surface area contributed by atoms with Gasteiger partial charge in [-0.1, -0.05) is 193 Å². The standard InChI is InChI=1S/C64H116N2O23/c1-6-8-9-10-11-12-13-14-15-16-17-18-19-20-21-26-29-32-35-46(70)60(80)65-44(45(69)34-31-28-25-23-22-24-27-30-33-41(3)7-2)38-83-62-56(78)54(76)53(75)49(88-62)39-85-64(63(81)82)36-47(71)51(59(89-64)52(74)48(72)37-67)66-50(73)40-84-61-57(79)55(77)58(42(4)86-61)87-43(5)68/h31,34,41-42,44-49,51-59,61-62,67,69-72,74-79H,6-30,32-33,35-40H2,1-5H3,(H,65,80)(H,66,73)(H,81,82)/b34-31+/t41?,42-,44-,45+,46+,47-,48+,49+,51+,52+,53+,54-,55-,56+,57-,58+,59+,61+,62+,64+/m0/s1. The number of aliphatic hydroxyl groups excluding tert-OH is 11. The number of aliphatic hydroxyl groups is 11. The van der Waals surface area contributed by atoms with Crippen LogP contribution in [0, 0.1) is 5.92 Å². The van der Waals surface area contributed by atoms with E-state index in [0.29, 0.717) is 12.8 Å². The number of nitrogens with one attached hydrogen (secondary N) is 2. The van der Waals surface area contributed by atoms with Crippen LogP contribution in [0.3, 0.4) is 0 Å². The van der Waals surface area contributed by atoms with E-state index in [9.17, 15) is 80.5 Å². The molecule has 25 heteroatoms. The van der Waals surface area contributed by atoms with E-state index in [4.69, 9.17) is 33.2 Å². The van der Waals surface area contributed by atoms with Crippen molar-refractivity contribution in [3.05, 3.63) is 12.2 Å². The van der Waals surface area contributed by atoms with Gasteiger partial charge in [0.2, 0.25) is 11.8 Å². The van der Waals surface area contributed by atoms with Crippen molar-refractivity contribution in [1.29, 1.82) is 0 Å². The molecule has 0 radical (unpaired) electrons. The van der Waals surface area contributed by atoms with E-state index in [1.807, 2.05) is 0 Å². The number of carbonyl (C=O) groups is 4. The average molecular weight is 1280 g/mol. The maximum absolute atomic E-state index is 13.5. The Bertz CT molecular complexity index is 1960. The van der Waals surface area contributed by atoms with Gasteiger partial charge in [0, 0.05) is 13.3 Å². The van der Waals surface area contributed by atoms with Crippen molar-refractivity contribution < 1.29 is 114 Å². The first-order valence-corrected chi connectivity index (χ1v) is 33.5. The van der Waals surface area contributed by atoms with Crippen LogP contribution in [0.4, 0.5) is 0 Å². The second-order valence-corrected chi connectivity index (χ2v) is 25.0. The summed E-state index contributed by atoms with van der Waals surface area (Å²) in [6.07, 6.45) is 5.12. The van der Waals surface area contributed by atoms with Crippen LogP contribution in [-0.2, 0) is 52.3 Å². The third kappa shape index (κ3) is 29.0. The molecule has 0 aliphatic carbocycles. The SMILES string of the molecule is CCCCCCCCCCCCCCCCCCCC[C@@H](O)C(=O)N[C@@H](CO[C@@H]1O[C@H](CO[C@]2(C(=O)O)C[C@H](O)[C@@H](NC(=O)CO[C@@H]3O[C@@H](C)[C@@H](OC(C)=O)[C@@H](O)[C@@H]3O)[C@H]([C@H](O)[C@H](O)CO)O2)[C@@H](O)[C@H](O)[C@H]1O)[C@H](O)/C=C/CCCCCCCCC(C)CC. The molecule has 89 heavy (non-hydrogen) atoms. The molecule has 20 atom stereocenters. The average Bonchev–Trinajstić information content (AvgIpc) is 0.953. The van der Waals surface area contributed by atoms with Gasteiger partial charge >= 0.3 is 11.9 Å². The molecule has 520 valence electrons. The van der Waals surface area contributed by atoms with Crippen LogP contribution in [0.25, 0.3) is 0 Å². The van der Waals surface area contributed by atoms with Crippen LogP contribution in [-0.4, -0.2) is 227 Å². The summed E-state index contributed by atoms with van der Waals surface area (Å²) in [5, 5.41) is 135. The molecule has 0 aromatic carbocycles. The van der Waals surface area contributed by atoms with Crippen molar-refractivity contribution in [1.82, 2.24) is 10.6 Å². The van der Waals surface area contributed by atoms with Gasteiger partial charge in [-0.15, -0.1) is 0 Å². The first-order chi connectivity index (χ1) is 42.5. The highest BCUT2D eigenvalue weighted by atomic mass is 16.7. The van der Waals surface area contributed by atoms with Gasteiger partial charge in [-0.3, -0.25) is 14.4 Å². The predicted molar refractivity (Wildman–Crippen MR) is 326 cm³/mol. The molecule has 0 spiro atoms. The lowest BCUT2D eigenvalue weighted by Crippen LogP contribution is -2.69. The maximum Gasteiger partial charge on any atom is 0.364 e. The Kier molecular flexibility index (Phi) is 40.1. The molecule has 3 fully saturated rings. The summed E-state index contributed by atoms with van der Waals surface area (Å²) in [5.41, 5.74) is 0. The molecule has 2 amide bonds. The number of allylic oxidation sites excluding steroid dienone is 1. The Labute approximate surface area is 527 Å². The predicted octanol–water partition coefficient (Wildman–Crippen LogP) is 3.73. The normalized spacial score (nSPS) is 29.5. The molecule has 3 heterocycles. The van der Waals surface area contributed by atoms with Gasteiger partial charge < -0.3 is 105 Å². The number of hydrogen-bond donors (Lipinski definition) is 14. The molecule has 1 unspecified atom stereocenters. The van der Waals surface area contributed by atoms with E-state index in [1.165, 1.54) is 122 Å². The Morgan fingerprint density at radius 1 is 0.674 bits per heavy atom. The summed E-state index contributed by atoms with van der Waals surface area (Å²) >= 11 is 0. The van der Waals surface area contributed by atoms with Gasteiger partial charge in [-0.05, 0) is 32.1 Å². The van der Waals surface area contributed by atoms with Crippen molar-refractivity contribution in [2.45, 2.75) is 337 Å². The highest BCUT2D eigenvalue weighted by molar-refractivity contribution is 5.81. The molecular weight excluding hydrogens is 1160 g/mol. The molecular formula is C64H116N2O23. The summed E-state index contributed by atoms with van der Waals surface area (Å²) in [6, 6.07) is -3.02. The molecule has 3 rings (SSSR count). The summed E-state index contributed by atoms with van der Waals surface area (Å²) in [5.74, 6) is -6.82. The number of carboxylic acids is 1. The molecule has 3 saturated heterocycles. The van der Waals surface area contributed by atoms with E-state index in [0.717, 1.165) is 64.2 Å². The van der Waals surface area contributed by atoms with E-state index in [-0.39, 0.29) is 6.42 Å². The lowest BCUT2D eigenvalue weighted by Gasteiger charge is -2.47. The fourth-order valence-corrected chi connectivity index (χ4v) is 11.4. The Balaban J connectivity index is 1.64. The number of carbonyl (C=O) groups excluding carboxylic acids is 3. The van der Waals surface area contributed by atoms with Gasteiger partial charge in [0.25, 0.3) is 5.79 Å².